The van der Waals surface area contributed by atoms with Gasteiger partial charge in [0.25, 0.3) is 0 Å². The summed E-state index contributed by atoms with van der Waals surface area (Å²) in [6, 6.07) is 15.1. The van der Waals surface area contributed by atoms with E-state index >= 15 is 0 Å². The lowest BCUT2D eigenvalue weighted by atomic mass is 9.87. The number of hydrogen-bond donors (Lipinski definition) is 1. The molecular formula is C22H24ClN3O2. The van der Waals surface area contributed by atoms with E-state index in [0.717, 1.165) is 11.3 Å². The molecule has 6 heteroatoms. The fraction of sp³-hybridized carbons (Fsp3) is 0.318. The molecule has 0 saturated carbocycles. The first kappa shape index (κ1) is 20.1. The standard InChI is InChI=1S/C22H24ClN3O2/c1-22(2,3)17-6-4-15(5-7-17)13-24-25-21(28)16-12-20(27)26(14-16)19-10-8-18(23)9-11-19/h4-11,13,16H,12,14H2,1-3H3,(H,25,28)/b24-13-/t16-/m1/s1. The molecule has 5 nitrogen and oxygen atoms in total. The molecule has 1 heterocycles. The number of halogens is 1. The van der Waals surface area contributed by atoms with Gasteiger partial charge in [-0.05, 0) is 40.8 Å². The van der Waals surface area contributed by atoms with Gasteiger partial charge in [-0.25, -0.2) is 5.43 Å². The van der Waals surface area contributed by atoms with Gasteiger partial charge in [-0.1, -0.05) is 56.6 Å². The number of hydrogen-bond acceptors (Lipinski definition) is 3. The minimum atomic E-state index is -0.427. The zero-order valence-electron chi connectivity index (χ0n) is 16.3. The predicted molar refractivity (Wildman–Crippen MR) is 113 cm³/mol. The summed E-state index contributed by atoms with van der Waals surface area (Å²) < 4.78 is 0. The summed E-state index contributed by atoms with van der Waals surface area (Å²) in [6.07, 6.45) is 1.78. The van der Waals surface area contributed by atoms with Gasteiger partial charge in [0, 0.05) is 23.7 Å². The highest BCUT2D eigenvalue weighted by Crippen LogP contribution is 2.26. The average molecular weight is 398 g/mol. The molecule has 2 aromatic carbocycles. The van der Waals surface area contributed by atoms with Crippen LogP contribution in [-0.2, 0) is 15.0 Å². The van der Waals surface area contributed by atoms with Crippen LogP contribution in [0.3, 0.4) is 0 Å². The quantitative estimate of drug-likeness (QED) is 0.622. The molecule has 1 atom stereocenters. The topological polar surface area (TPSA) is 61.8 Å². The summed E-state index contributed by atoms with van der Waals surface area (Å²) in [4.78, 5) is 26.2. The molecule has 2 amide bonds. The van der Waals surface area contributed by atoms with Crippen LogP contribution in [0.1, 0.15) is 38.3 Å². The SMILES string of the molecule is CC(C)(C)c1ccc(/C=N\NC(=O)[C@@H]2CC(=O)N(c3ccc(Cl)cc3)C2)cc1. The first-order chi connectivity index (χ1) is 13.2. The monoisotopic (exact) mass is 397 g/mol. The molecule has 1 aliphatic rings. The van der Waals surface area contributed by atoms with E-state index in [9.17, 15) is 9.59 Å². The Hall–Kier alpha value is -2.66. The number of amides is 2. The fourth-order valence-electron chi connectivity index (χ4n) is 3.08. The molecule has 1 N–H and O–H groups in total. The molecule has 2 aromatic rings. The van der Waals surface area contributed by atoms with Gasteiger partial charge in [0.05, 0.1) is 12.1 Å². The number of nitrogens with zero attached hydrogens (tertiary/aromatic N) is 2. The van der Waals surface area contributed by atoms with E-state index in [-0.39, 0.29) is 23.7 Å². The smallest absolute Gasteiger partial charge is 0.245 e. The van der Waals surface area contributed by atoms with Crippen LogP contribution in [0.25, 0.3) is 0 Å². The van der Waals surface area contributed by atoms with Crippen LogP contribution in [0.15, 0.2) is 53.6 Å². The van der Waals surface area contributed by atoms with Crippen molar-refractivity contribution in [1.29, 1.82) is 0 Å². The number of anilines is 1. The molecule has 0 aromatic heterocycles. The summed E-state index contributed by atoms with van der Waals surface area (Å²) >= 11 is 5.89. The molecule has 0 spiro atoms. The first-order valence-corrected chi connectivity index (χ1v) is 9.61. The van der Waals surface area contributed by atoms with Crippen molar-refractivity contribution in [1.82, 2.24) is 5.43 Å². The van der Waals surface area contributed by atoms with Gasteiger partial charge < -0.3 is 4.90 Å². The van der Waals surface area contributed by atoms with Crippen molar-refractivity contribution < 1.29 is 9.59 Å². The maximum Gasteiger partial charge on any atom is 0.245 e. The number of rotatable bonds is 4. The van der Waals surface area contributed by atoms with Gasteiger partial charge in [0.1, 0.15) is 0 Å². The molecule has 0 aliphatic carbocycles. The number of hydrazone groups is 1. The molecule has 3 rings (SSSR count). The van der Waals surface area contributed by atoms with Gasteiger partial charge >= 0.3 is 0 Å². The van der Waals surface area contributed by atoms with Crippen LogP contribution in [0.2, 0.25) is 5.02 Å². The van der Waals surface area contributed by atoms with Crippen molar-refractivity contribution in [2.24, 2.45) is 11.0 Å². The van der Waals surface area contributed by atoms with Crippen molar-refractivity contribution in [3.8, 4) is 0 Å². The van der Waals surface area contributed by atoms with E-state index in [1.165, 1.54) is 5.56 Å². The summed E-state index contributed by atoms with van der Waals surface area (Å²) in [7, 11) is 0. The zero-order valence-corrected chi connectivity index (χ0v) is 17.0. The second kappa shape index (κ2) is 8.15. The highest BCUT2D eigenvalue weighted by Gasteiger charge is 2.35. The van der Waals surface area contributed by atoms with Crippen LogP contribution in [0.5, 0.6) is 0 Å². The van der Waals surface area contributed by atoms with Gasteiger partial charge in [0.2, 0.25) is 11.8 Å². The van der Waals surface area contributed by atoms with Crippen LogP contribution >= 0.6 is 11.6 Å². The average Bonchev–Trinajstić information content (AvgIpc) is 3.04. The Bertz CT molecular complexity index is 883. The molecule has 1 saturated heterocycles. The lowest BCUT2D eigenvalue weighted by Gasteiger charge is -2.18. The van der Waals surface area contributed by atoms with Crippen LogP contribution < -0.4 is 10.3 Å². The van der Waals surface area contributed by atoms with Crippen molar-refractivity contribution in [2.45, 2.75) is 32.6 Å². The summed E-state index contributed by atoms with van der Waals surface area (Å²) in [5.74, 6) is -0.764. The largest absolute Gasteiger partial charge is 0.312 e. The number of carbonyl (C=O) groups is 2. The molecular weight excluding hydrogens is 374 g/mol. The summed E-state index contributed by atoms with van der Waals surface area (Å²) in [5.41, 5.74) is 5.52. The lowest BCUT2D eigenvalue weighted by Crippen LogP contribution is -2.30. The summed E-state index contributed by atoms with van der Waals surface area (Å²) in [5, 5.41) is 4.65. The second-order valence-electron chi connectivity index (χ2n) is 7.99. The van der Waals surface area contributed by atoms with Crippen molar-refractivity contribution in [3.05, 3.63) is 64.7 Å². The Balaban J connectivity index is 1.57. The Morgan fingerprint density at radius 1 is 1.14 bits per heavy atom. The fourth-order valence-corrected chi connectivity index (χ4v) is 3.21. The molecule has 1 aliphatic heterocycles. The van der Waals surface area contributed by atoms with Crippen LogP contribution in [0.4, 0.5) is 5.69 Å². The van der Waals surface area contributed by atoms with Crippen molar-refractivity contribution in [3.63, 3.8) is 0 Å². The van der Waals surface area contributed by atoms with Gasteiger partial charge in [-0.15, -0.1) is 0 Å². The third kappa shape index (κ3) is 4.78. The van der Waals surface area contributed by atoms with E-state index < -0.39 is 5.92 Å². The van der Waals surface area contributed by atoms with Crippen molar-refractivity contribution in [2.75, 3.05) is 11.4 Å². The highest BCUT2D eigenvalue weighted by molar-refractivity contribution is 6.30. The Labute approximate surface area is 170 Å². The summed E-state index contributed by atoms with van der Waals surface area (Å²) in [6.45, 7) is 6.81. The van der Waals surface area contributed by atoms with E-state index in [2.05, 4.69) is 43.4 Å². The predicted octanol–water partition coefficient (Wildman–Crippen LogP) is 4.14. The molecule has 0 bridgehead atoms. The third-order valence-electron chi connectivity index (χ3n) is 4.80. The molecule has 28 heavy (non-hydrogen) atoms. The third-order valence-corrected chi connectivity index (χ3v) is 5.05. The van der Waals surface area contributed by atoms with E-state index in [1.807, 2.05) is 12.1 Å². The lowest BCUT2D eigenvalue weighted by molar-refractivity contribution is -0.126. The minimum absolute atomic E-state index is 0.0794. The van der Waals surface area contributed by atoms with Gasteiger partial charge in [-0.2, -0.15) is 5.10 Å². The normalized spacial score (nSPS) is 17.4. The highest BCUT2D eigenvalue weighted by atomic mass is 35.5. The molecule has 0 unspecified atom stereocenters. The molecule has 1 fully saturated rings. The Morgan fingerprint density at radius 2 is 1.79 bits per heavy atom. The van der Waals surface area contributed by atoms with E-state index in [1.54, 1.807) is 35.4 Å². The number of nitrogens with one attached hydrogen (secondary N) is 1. The zero-order chi connectivity index (χ0) is 20.3. The first-order valence-electron chi connectivity index (χ1n) is 9.23. The Morgan fingerprint density at radius 3 is 2.39 bits per heavy atom. The maximum absolute atomic E-state index is 12.4. The number of benzene rings is 2. The minimum Gasteiger partial charge on any atom is -0.312 e. The van der Waals surface area contributed by atoms with Gasteiger partial charge in [0.15, 0.2) is 0 Å². The number of carbonyl (C=O) groups excluding carboxylic acids is 2. The molecule has 0 radical (unpaired) electrons. The van der Waals surface area contributed by atoms with Crippen LogP contribution in [0, 0.1) is 5.92 Å². The second-order valence-corrected chi connectivity index (χ2v) is 8.42. The van der Waals surface area contributed by atoms with E-state index in [4.69, 9.17) is 11.6 Å². The van der Waals surface area contributed by atoms with Gasteiger partial charge in [-0.3, -0.25) is 9.59 Å². The van der Waals surface area contributed by atoms with Crippen molar-refractivity contribution >= 4 is 35.3 Å². The maximum atomic E-state index is 12.4. The van der Waals surface area contributed by atoms with Crippen LogP contribution in [-0.4, -0.2) is 24.6 Å². The molecule has 146 valence electrons. The Kier molecular flexibility index (Phi) is 5.84. The van der Waals surface area contributed by atoms with E-state index in [0.29, 0.717) is 11.6 Å².